The molecule has 0 spiro atoms. The molecule has 0 bridgehead atoms. The third-order valence-electron chi connectivity index (χ3n) is 4.97. The Balaban J connectivity index is 5.57. The number of nitrogens with two attached hydrogens (primary N) is 5. The van der Waals surface area contributed by atoms with Gasteiger partial charge in [0.15, 0.2) is 5.96 Å². The van der Waals surface area contributed by atoms with Gasteiger partial charge >= 0.3 is 5.97 Å². The summed E-state index contributed by atoms with van der Waals surface area (Å²) < 4.78 is 0. The molecule has 5 amide bonds. The van der Waals surface area contributed by atoms with E-state index in [0.29, 0.717) is 6.42 Å². The molecule has 0 aliphatic heterocycles. The lowest BCUT2D eigenvalue weighted by Crippen LogP contribution is -2.57. The number of nitrogens with zero attached hydrogens (tertiary/aromatic N) is 1. The van der Waals surface area contributed by atoms with Crippen molar-refractivity contribution >= 4 is 41.5 Å². The summed E-state index contributed by atoms with van der Waals surface area (Å²) in [7, 11) is 0. The summed E-state index contributed by atoms with van der Waals surface area (Å²) in [4.78, 5) is 76.2. The molecule has 0 aromatic heterocycles. The number of amides is 5. The van der Waals surface area contributed by atoms with Gasteiger partial charge in [0.1, 0.15) is 18.1 Å². The molecule has 16 nitrogen and oxygen atoms in total. The van der Waals surface area contributed by atoms with Gasteiger partial charge in [-0.2, -0.15) is 0 Å². The van der Waals surface area contributed by atoms with E-state index >= 15 is 0 Å². The highest BCUT2D eigenvalue weighted by Gasteiger charge is 2.31. The van der Waals surface area contributed by atoms with Gasteiger partial charge in [0.2, 0.25) is 29.5 Å². The van der Waals surface area contributed by atoms with Crippen LogP contribution in [0.15, 0.2) is 4.99 Å². The van der Waals surface area contributed by atoms with E-state index in [2.05, 4.69) is 20.9 Å². The van der Waals surface area contributed by atoms with E-state index in [0.717, 1.165) is 0 Å². The molecule has 16 heteroatoms. The third kappa shape index (κ3) is 14.9. The normalized spacial score (nSPS) is 13.9. The van der Waals surface area contributed by atoms with Crippen LogP contribution in [0.25, 0.3) is 0 Å². The van der Waals surface area contributed by atoms with Crippen molar-refractivity contribution in [3.05, 3.63) is 0 Å². The Morgan fingerprint density at radius 2 is 1.32 bits per heavy atom. The average Bonchev–Trinajstić information content (AvgIpc) is 2.76. The number of nitrogens with one attached hydrogen (secondary N) is 3. The van der Waals surface area contributed by atoms with E-state index in [-0.39, 0.29) is 44.1 Å². The van der Waals surface area contributed by atoms with Crippen LogP contribution in [-0.2, 0) is 28.8 Å². The molecular formula is C21H39N9O7. The predicted octanol–water partition coefficient (Wildman–Crippen LogP) is -3.91. The third-order valence-corrected chi connectivity index (χ3v) is 4.97. The molecule has 0 aliphatic rings. The van der Waals surface area contributed by atoms with Gasteiger partial charge in [-0.3, -0.25) is 29.0 Å². The lowest BCUT2D eigenvalue weighted by molar-refractivity contribution is -0.142. The Labute approximate surface area is 214 Å². The molecule has 0 rings (SSSR count). The largest absolute Gasteiger partial charge is 0.480 e. The summed E-state index contributed by atoms with van der Waals surface area (Å²) in [5.41, 5.74) is 26.6. The van der Waals surface area contributed by atoms with Crippen molar-refractivity contribution in [3.63, 3.8) is 0 Å². The van der Waals surface area contributed by atoms with Crippen LogP contribution in [-0.4, -0.2) is 77.3 Å². The number of carbonyl (C=O) groups excluding carboxylic acids is 5. The van der Waals surface area contributed by atoms with Gasteiger partial charge in [-0.1, -0.05) is 13.8 Å². The number of aliphatic imine (C=N–C) groups is 1. The first kappa shape index (κ1) is 33.0. The van der Waals surface area contributed by atoms with Gasteiger partial charge in [0.05, 0.1) is 12.5 Å². The van der Waals surface area contributed by atoms with Crippen molar-refractivity contribution in [2.24, 2.45) is 39.6 Å². The Hall–Kier alpha value is -3.95. The predicted molar refractivity (Wildman–Crippen MR) is 133 cm³/mol. The molecule has 4 unspecified atom stereocenters. The zero-order valence-corrected chi connectivity index (χ0v) is 21.1. The van der Waals surface area contributed by atoms with Gasteiger partial charge in [0, 0.05) is 13.0 Å². The highest BCUT2D eigenvalue weighted by molar-refractivity contribution is 5.96. The zero-order chi connectivity index (χ0) is 28.7. The van der Waals surface area contributed by atoms with Gasteiger partial charge in [-0.05, 0) is 31.6 Å². The van der Waals surface area contributed by atoms with E-state index in [9.17, 15) is 33.9 Å². The summed E-state index contributed by atoms with van der Waals surface area (Å²) in [5, 5.41) is 16.4. The summed E-state index contributed by atoms with van der Waals surface area (Å²) in [6.45, 7) is 3.80. The van der Waals surface area contributed by atoms with Crippen molar-refractivity contribution in [1.29, 1.82) is 0 Å². The molecule has 14 N–H and O–H groups in total. The maximum atomic E-state index is 12.9. The second-order valence-electron chi connectivity index (χ2n) is 8.88. The summed E-state index contributed by atoms with van der Waals surface area (Å²) in [5.74, 6) is -5.74. The molecule has 0 saturated carbocycles. The number of rotatable bonds is 18. The first-order chi connectivity index (χ1) is 17.1. The van der Waals surface area contributed by atoms with E-state index in [1.165, 1.54) is 0 Å². The fraction of sp³-hybridized carbons (Fsp3) is 0.667. The first-order valence-electron chi connectivity index (χ1n) is 11.6. The van der Waals surface area contributed by atoms with Gasteiger partial charge < -0.3 is 49.7 Å². The number of carbonyl (C=O) groups is 6. The fourth-order valence-electron chi connectivity index (χ4n) is 3.17. The van der Waals surface area contributed by atoms with Crippen LogP contribution < -0.4 is 44.6 Å². The van der Waals surface area contributed by atoms with Gasteiger partial charge in [-0.25, -0.2) is 4.79 Å². The molecule has 0 saturated heterocycles. The number of carboxylic acid groups (broad SMARTS) is 1. The number of hydrogen-bond donors (Lipinski definition) is 9. The molecule has 0 aromatic carbocycles. The van der Waals surface area contributed by atoms with Gasteiger partial charge in [0.25, 0.3) is 0 Å². The monoisotopic (exact) mass is 529 g/mol. The number of aliphatic carboxylic acids is 1. The van der Waals surface area contributed by atoms with Crippen molar-refractivity contribution in [1.82, 2.24) is 16.0 Å². The maximum Gasteiger partial charge on any atom is 0.326 e. The van der Waals surface area contributed by atoms with Crippen molar-refractivity contribution in [2.75, 3.05) is 6.54 Å². The molecule has 4 atom stereocenters. The lowest BCUT2D eigenvalue weighted by Gasteiger charge is -2.25. The minimum atomic E-state index is -1.47. The van der Waals surface area contributed by atoms with Crippen molar-refractivity contribution in [2.45, 2.75) is 76.5 Å². The number of carboxylic acids is 1. The Kier molecular flexibility index (Phi) is 14.9. The molecule has 0 aromatic rings. The van der Waals surface area contributed by atoms with Crippen LogP contribution in [0.2, 0.25) is 0 Å². The number of primary amides is 2. The summed E-state index contributed by atoms with van der Waals surface area (Å²) >= 11 is 0. The number of hydrogen-bond acceptors (Lipinski definition) is 8. The molecule has 0 heterocycles. The quantitative estimate of drug-likeness (QED) is 0.0472. The number of guanidine groups is 1. The van der Waals surface area contributed by atoms with Crippen LogP contribution >= 0.6 is 0 Å². The zero-order valence-electron chi connectivity index (χ0n) is 21.1. The average molecular weight is 530 g/mol. The lowest BCUT2D eigenvalue weighted by atomic mass is 10.0. The molecule has 0 fully saturated rings. The van der Waals surface area contributed by atoms with Crippen molar-refractivity contribution in [3.8, 4) is 0 Å². The molecule has 37 heavy (non-hydrogen) atoms. The smallest absolute Gasteiger partial charge is 0.326 e. The highest BCUT2D eigenvalue weighted by atomic mass is 16.4. The topological polar surface area (TPSA) is 301 Å². The van der Waals surface area contributed by atoms with Crippen LogP contribution in [0.1, 0.15) is 52.4 Å². The van der Waals surface area contributed by atoms with Crippen LogP contribution in [0.5, 0.6) is 0 Å². The minimum absolute atomic E-state index is 0.0392. The van der Waals surface area contributed by atoms with E-state index < -0.39 is 66.1 Å². The Morgan fingerprint density at radius 1 is 0.784 bits per heavy atom. The van der Waals surface area contributed by atoms with Crippen molar-refractivity contribution < 1.29 is 33.9 Å². The Bertz CT molecular complexity index is 859. The van der Waals surface area contributed by atoms with E-state index in [1.807, 2.05) is 13.8 Å². The van der Waals surface area contributed by atoms with E-state index in [1.54, 1.807) is 0 Å². The summed E-state index contributed by atoms with van der Waals surface area (Å²) in [6.07, 6.45) is -0.720. The molecule has 0 radical (unpaired) electrons. The SMILES string of the molecule is CC(C)CC(N)C(=O)NC(CC(N)=O)C(=O)NC(CCC(N)=O)C(=O)NC(CCCN=C(N)N)C(=O)O. The van der Waals surface area contributed by atoms with E-state index in [4.69, 9.17) is 28.7 Å². The van der Waals surface area contributed by atoms with Gasteiger partial charge in [-0.15, -0.1) is 0 Å². The first-order valence-corrected chi connectivity index (χ1v) is 11.6. The second-order valence-corrected chi connectivity index (χ2v) is 8.88. The van der Waals surface area contributed by atoms with Crippen LogP contribution in [0.3, 0.4) is 0 Å². The van der Waals surface area contributed by atoms with Crippen LogP contribution in [0, 0.1) is 5.92 Å². The molecular weight excluding hydrogens is 490 g/mol. The molecule has 0 aliphatic carbocycles. The summed E-state index contributed by atoms with van der Waals surface area (Å²) in [6, 6.07) is -5.21. The maximum absolute atomic E-state index is 12.9. The Morgan fingerprint density at radius 3 is 1.81 bits per heavy atom. The fourth-order valence-corrected chi connectivity index (χ4v) is 3.17. The molecule has 210 valence electrons. The standard InChI is InChI=1S/C21H39N9O7/c1-10(2)8-11(22)17(33)30-14(9-16(24)32)19(35)28-12(5-6-15(23)31)18(34)29-13(20(36)37)4-3-7-27-21(25)26/h10-14H,3-9,22H2,1-2H3,(H2,23,31)(H2,24,32)(H,28,35)(H,29,34)(H,30,33)(H,36,37)(H4,25,26,27). The van der Waals surface area contributed by atoms with Crippen LogP contribution in [0.4, 0.5) is 0 Å². The minimum Gasteiger partial charge on any atom is -0.480 e. The highest BCUT2D eigenvalue weighted by Crippen LogP contribution is 2.06. The second kappa shape index (κ2) is 16.7.